The van der Waals surface area contributed by atoms with Crippen LogP contribution in [0.15, 0.2) is 24.8 Å². The molecule has 1 atom stereocenters. The number of benzene rings is 1. The molecule has 34 heavy (non-hydrogen) atoms. The van der Waals surface area contributed by atoms with Gasteiger partial charge in [-0.25, -0.2) is 4.68 Å². The molecule has 1 unspecified atom stereocenters. The number of hydrogen-bond donors (Lipinski definition) is 2. The van der Waals surface area contributed by atoms with Crippen molar-refractivity contribution in [2.75, 3.05) is 32.1 Å². The molecule has 1 saturated carbocycles. The van der Waals surface area contributed by atoms with Crippen LogP contribution in [0.2, 0.25) is 5.02 Å². The molecule has 2 aromatic rings. The van der Waals surface area contributed by atoms with E-state index in [0.29, 0.717) is 52.6 Å². The maximum atomic E-state index is 12.6. The molecule has 2 aliphatic heterocycles. The van der Waals surface area contributed by atoms with Gasteiger partial charge in [0.15, 0.2) is 0 Å². The second-order valence-corrected chi connectivity index (χ2v) is 9.79. The lowest BCUT2D eigenvalue weighted by molar-refractivity contribution is -0.127. The smallest absolute Gasteiger partial charge is 0.254 e. The quantitative estimate of drug-likeness (QED) is 0.605. The summed E-state index contributed by atoms with van der Waals surface area (Å²) < 4.78 is 7.59. The highest BCUT2D eigenvalue weighted by molar-refractivity contribution is 6.32. The number of nitrogens with two attached hydrogens (primary N) is 1. The second kappa shape index (κ2) is 8.98. The van der Waals surface area contributed by atoms with E-state index in [1.54, 1.807) is 7.11 Å². The van der Waals surface area contributed by atoms with Crippen LogP contribution < -0.4 is 15.8 Å². The van der Waals surface area contributed by atoms with Gasteiger partial charge < -0.3 is 20.7 Å². The van der Waals surface area contributed by atoms with Gasteiger partial charge in [0.1, 0.15) is 22.8 Å². The lowest BCUT2D eigenvalue weighted by atomic mass is 9.87. The van der Waals surface area contributed by atoms with Crippen LogP contribution in [0.4, 0.5) is 5.82 Å². The topological polar surface area (TPSA) is 102 Å². The molecule has 0 radical (unpaired) electrons. The molecule has 1 saturated heterocycles. The summed E-state index contributed by atoms with van der Waals surface area (Å²) in [4.78, 5) is 26.4. The molecule has 3 heterocycles. The zero-order chi connectivity index (χ0) is 24.0. The zero-order valence-electron chi connectivity index (χ0n) is 19.3. The van der Waals surface area contributed by atoms with E-state index in [1.807, 2.05) is 21.7 Å². The van der Waals surface area contributed by atoms with Crippen molar-refractivity contribution in [3.8, 4) is 17.0 Å². The van der Waals surface area contributed by atoms with Crippen molar-refractivity contribution in [3.05, 3.63) is 40.9 Å². The van der Waals surface area contributed by atoms with Gasteiger partial charge in [-0.3, -0.25) is 9.59 Å². The van der Waals surface area contributed by atoms with Crippen LogP contribution in [-0.2, 0) is 4.79 Å². The highest BCUT2D eigenvalue weighted by Crippen LogP contribution is 2.49. The number of methoxy groups -OCH3 is 1. The summed E-state index contributed by atoms with van der Waals surface area (Å²) in [6.45, 7) is 5.71. The molecule has 0 spiro atoms. The van der Waals surface area contributed by atoms with Crippen molar-refractivity contribution in [1.29, 1.82) is 0 Å². The number of halogens is 1. The first-order chi connectivity index (χ1) is 16.4. The Morgan fingerprint density at radius 2 is 1.97 bits per heavy atom. The molecule has 1 aromatic carbocycles. The standard InChI is InChI=1S/C25H30ClN5O3/c1-3-20(32)30-10-7-14(8-11-30)18-6-9-28-25-22(24(27)33)23(29-31(18)25)16-12-17(26)21(15-4-5-15)19(13-16)34-2/h3,12-15,18,28H,1,4-11H2,2H3,(H2,27,33). The number of carbonyl (C=O) groups is 2. The molecule has 3 N–H and O–H groups in total. The molecule has 1 aliphatic carbocycles. The van der Waals surface area contributed by atoms with Crippen LogP contribution >= 0.6 is 11.6 Å². The third-order valence-corrected chi connectivity index (χ3v) is 7.66. The number of nitrogens with zero attached hydrogens (tertiary/aromatic N) is 3. The highest BCUT2D eigenvalue weighted by atomic mass is 35.5. The Bertz CT molecular complexity index is 1150. The number of rotatable bonds is 6. The van der Waals surface area contributed by atoms with Crippen molar-refractivity contribution in [2.24, 2.45) is 11.7 Å². The molecular formula is C25H30ClN5O3. The van der Waals surface area contributed by atoms with Crippen molar-refractivity contribution in [1.82, 2.24) is 14.7 Å². The number of piperidine rings is 1. The highest BCUT2D eigenvalue weighted by Gasteiger charge is 2.36. The van der Waals surface area contributed by atoms with Crippen molar-refractivity contribution >= 4 is 29.2 Å². The fourth-order valence-electron chi connectivity index (χ4n) is 5.48. The van der Waals surface area contributed by atoms with E-state index in [0.717, 1.165) is 50.0 Å². The average molecular weight is 484 g/mol. The Labute approximate surface area is 204 Å². The van der Waals surface area contributed by atoms with E-state index >= 15 is 0 Å². The first kappa shape index (κ1) is 22.8. The number of primary amides is 1. The molecule has 5 rings (SSSR count). The van der Waals surface area contributed by atoms with Gasteiger partial charge in [0.05, 0.1) is 13.2 Å². The first-order valence-electron chi connectivity index (χ1n) is 11.9. The lowest BCUT2D eigenvalue weighted by Gasteiger charge is -2.38. The zero-order valence-corrected chi connectivity index (χ0v) is 20.1. The average Bonchev–Trinajstić information content (AvgIpc) is 3.60. The van der Waals surface area contributed by atoms with E-state index in [-0.39, 0.29) is 11.9 Å². The summed E-state index contributed by atoms with van der Waals surface area (Å²) >= 11 is 6.67. The summed E-state index contributed by atoms with van der Waals surface area (Å²) in [5.74, 6) is 1.59. The van der Waals surface area contributed by atoms with Crippen LogP contribution in [0.5, 0.6) is 5.75 Å². The Morgan fingerprint density at radius 1 is 1.24 bits per heavy atom. The normalized spacial score (nSPS) is 20.4. The molecule has 9 heteroatoms. The number of anilines is 1. The molecular weight excluding hydrogens is 454 g/mol. The predicted octanol–water partition coefficient (Wildman–Crippen LogP) is 3.97. The lowest BCUT2D eigenvalue weighted by Crippen LogP contribution is -2.41. The van der Waals surface area contributed by atoms with E-state index in [2.05, 4.69) is 11.9 Å². The van der Waals surface area contributed by atoms with Gasteiger partial charge in [0, 0.05) is 35.8 Å². The van der Waals surface area contributed by atoms with Crippen LogP contribution in [0.1, 0.15) is 60.0 Å². The number of nitrogens with one attached hydrogen (secondary N) is 1. The number of carbonyl (C=O) groups excluding carboxylic acids is 2. The summed E-state index contributed by atoms with van der Waals surface area (Å²) in [6, 6.07) is 3.90. The molecule has 2 amide bonds. The number of hydrogen-bond acceptors (Lipinski definition) is 5. The monoisotopic (exact) mass is 483 g/mol. The molecule has 0 bridgehead atoms. The number of ether oxygens (including phenoxy) is 1. The van der Waals surface area contributed by atoms with Crippen molar-refractivity contribution < 1.29 is 14.3 Å². The van der Waals surface area contributed by atoms with Crippen LogP contribution in [0.25, 0.3) is 11.3 Å². The third kappa shape index (κ3) is 3.94. The van der Waals surface area contributed by atoms with E-state index in [4.69, 9.17) is 27.2 Å². The summed E-state index contributed by atoms with van der Waals surface area (Å²) in [7, 11) is 1.63. The number of fused-ring (bicyclic) bond motifs is 1. The van der Waals surface area contributed by atoms with E-state index in [9.17, 15) is 9.59 Å². The van der Waals surface area contributed by atoms with Crippen LogP contribution in [0, 0.1) is 5.92 Å². The predicted molar refractivity (Wildman–Crippen MR) is 131 cm³/mol. The molecule has 180 valence electrons. The summed E-state index contributed by atoms with van der Waals surface area (Å²) in [5, 5.41) is 8.89. The van der Waals surface area contributed by atoms with Gasteiger partial charge in [-0.15, -0.1) is 0 Å². The van der Waals surface area contributed by atoms with Gasteiger partial charge >= 0.3 is 0 Å². The Hall–Kier alpha value is -3.00. The number of likely N-dealkylation sites (tertiary alicyclic amines) is 1. The minimum atomic E-state index is -0.530. The third-order valence-electron chi connectivity index (χ3n) is 7.34. The SMILES string of the molecule is C=CC(=O)N1CCC(C2CCNc3c(C(N)=O)c(-c4cc(Cl)c(C5CC5)c(OC)c4)nn32)CC1. The fraction of sp³-hybridized carbons (Fsp3) is 0.480. The molecule has 3 aliphatic rings. The number of amides is 2. The molecule has 1 aromatic heterocycles. The Morgan fingerprint density at radius 3 is 2.59 bits per heavy atom. The van der Waals surface area contributed by atoms with Gasteiger partial charge in [-0.1, -0.05) is 18.2 Å². The Kier molecular flexibility index (Phi) is 6.02. The van der Waals surface area contributed by atoms with Gasteiger partial charge in [-0.05, 0) is 62.1 Å². The summed E-state index contributed by atoms with van der Waals surface area (Å²) in [6.07, 6.45) is 6.21. The number of aromatic nitrogens is 2. The maximum Gasteiger partial charge on any atom is 0.254 e. The van der Waals surface area contributed by atoms with E-state index in [1.165, 1.54) is 6.08 Å². The molecule has 2 fully saturated rings. The van der Waals surface area contributed by atoms with Gasteiger partial charge in [-0.2, -0.15) is 5.10 Å². The van der Waals surface area contributed by atoms with Gasteiger partial charge in [0.2, 0.25) is 5.91 Å². The van der Waals surface area contributed by atoms with Gasteiger partial charge in [0.25, 0.3) is 5.91 Å². The second-order valence-electron chi connectivity index (χ2n) is 9.38. The largest absolute Gasteiger partial charge is 0.496 e. The minimum Gasteiger partial charge on any atom is -0.496 e. The van der Waals surface area contributed by atoms with Crippen LogP contribution in [0.3, 0.4) is 0 Å². The van der Waals surface area contributed by atoms with Crippen molar-refractivity contribution in [2.45, 2.75) is 44.1 Å². The van der Waals surface area contributed by atoms with Crippen LogP contribution in [-0.4, -0.2) is 53.2 Å². The molecule has 8 nitrogen and oxygen atoms in total. The van der Waals surface area contributed by atoms with Crippen molar-refractivity contribution in [3.63, 3.8) is 0 Å². The van der Waals surface area contributed by atoms with E-state index < -0.39 is 5.91 Å². The summed E-state index contributed by atoms with van der Waals surface area (Å²) in [5.41, 5.74) is 8.49. The first-order valence-corrected chi connectivity index (χ1v) is 12.3. The maximum absolute atomic E-state index is 12.6. The fourth-order valence-corrected chi connectivity index (χ4v) is 5.84. The Balaban J connectivity index is 1.51. The minimum absolute atomic E-state index is 0.0256.